The van der Waals surface area contributed by atoms with E-state index in [0.717, 1.165) is 31.6 Å². The molecule has 2 rings (SSSR count). The van der Waals surface area contributed by atoms with E-state index in [-0.39, 0.29) is 0 Å². The minimum Gasteiger partial charge on any atom is -0.384 e. The molecule has 0 amide bonds. The van der Waals surface area contributed by atoms with Crippen molar-refractivity contribution in [3.63, 3.8) is 0 Å². The van der Waals surface area contributed by atoms with E-state index >= 15 is 0 Å². The molecule has 14 heavy (non-hydrogen) atoms. The zero-order chi connectivity index (χ0) is 10.0. The summed E-state index contributed by atoms with van der Waals surface area (Å²) < 4.78 is 4.23. The summed E-state index contributed by atoms with van der Waals surface area (Å²) in [5, 5.41) is 15.6. The molecule has 0 aliphatic carbocycles. The minimum atomic E-state index is -0.748. The van der Waals surface area contributed by atoms with E-state index in [1.54, 1.807) is 0 Å². The van der Waals surface area contributed by atoms with Gasteiger partial charge in [0.2, 0.25) is 0 Å². The number of rotatable bonds is 2. The van der Waals surface area contributed by atoms with Crippen LogP contribution in [0, 0.1) is 5.92 Å². The van der Waals surface area contributed by atoms with Crippen LogP contribution in [0.1, 0.15) is 25.5 Å². The van der Waals surface area contributed by atoms with Gasteiger partial charge in [0.15, 0.2) is 0 Å². The van der Waals surface area contributed by atoms with Crippen molar-refractivity contribution in [1.82, 2.24) is 9.69 Å². The Labute approximate surface area is 88.3 Å². The summed E-state index contributed by atoms with van der Waals surface area (Å²) in [4.78, 5) is 0. The topological polar surface area (TPSA) is 45.2 Å². The van der Waals surface area contributed by atoms with Crippen LogP contribution in [0.4, 0.5) is 0 Å². The lowest BCUT2D eigenvalue weighted by Crippen LogP contribution is -2.40. The fourth-order valence-corrected chi connectivity index (χ4v) is 2.68. The zero-order valence-corrected chi connectivity index (χ0v) is 9.18. The monoisotopic (exact) mass is 212 g/mol. The summed E-state index contributed by atoms with van der Waals surface area (Å²) in [6.07, 6.45) is 2.06. The van der Waals surface area contributed by atoms with Gasteiger partial charge in [0, 0.05) is 5.38 Å². The molecular weight excluding hydrogens is 196 g/mol. The Morgan fingerprint density at radius 1 is 1.57 bits per heavy atom. The number of aliphatic hydroxyl groups is 1. The molecule has 1 saturated heterocycles. The molecule has 1 aliphatic rings. The summed E-state index contributed by atoms with van der Waals surface area (Å²) in [6.45, 7) is 3.90. The highest BCUT2D eigenvalue weighted by molar-refractivity contribution is 7.03. The van der Waals surface area contributed by atoms with Crippen LogP contribution >= 0.6 is 11.5 Å². The first kappa shape index (κ1) is 10.1. The van der Waals surface area contributed by atoms with Gasteiger partial charge in [-0.1, -0.05) is 0 Å². The van der Waals surface area contributed by atoms with Gasteiger partial charge in [0.1, 0.15) is 5.60 Å². The Bertz CT molecular complexity index is 278. The highest BCUT2D eigenvalue weighted by Crippen LogP contribution is 2.34. The molecule has 0 aromatic carbocycles. The highest BCUT2D eigenvalue weighted by atomic mass is 32.1. The summed E-state index contributed by atoms with van der Waals surface area (Å²) in [7, 11) is 0. The number of nitrogens with zero attached hydrogens (tertiary/aromatic N) is 1. The molecule has 2 heterocycles. The Morgan fingerprint density at radius 3 is 2.86 bits per heavy atom. The number of hydrogen-bond acceptors (Lipinski definition) is 4. The van der Waals surface area contributed by atoms with E-state index in [0.29, 0.717) is 5.92 Å². The van der Waals surface area contributed by atoms with Gasteiger partial charge in [-0.3, -0.25) is 0 Å². The van der Waals surface area contributed by atoms with E-state index in [9.17, 15) is 5.11 Å². The maximum Gasteiger partial charge on any atom is 0.108 e. The Morgan fingerprint density at radius 2 is 2.29 bits per heavy atom. The molecule has 1 aromatic rings. The van der Waals surface area contributed by atoms with Gasteiger partial charge < -0.3 is 10.4 Å². The third-order valence-corrected chi connectivity index (χ3v) is 3.65. The lowest BCUT2D eigenvalue weighted by molar-refractivity contribution is -0.0216. The van der Waals surface area contributed by atoms with E-state index in [1.807, 2.05) is 18.4 Å². The molecule has 1 unspecified atom stereocenters. The molecule has 0 bridgehead atoms. The molecule has 78 valence electrons. The quantitative estimate of drug-likeness (QED) is 0.778. The molecule has 1 aliphatic heterocycles. The number of hydrogen-bond donors (Lipinski definition) is 2. The van der Waals surface area contributed by atoms with Crippen LogP contribution in [-0.2, 0) is 5.60 Å². The maximum absolute atomic E-state index is 10.4. The minimum absolute atomic E-state index is 0.339. The van der Waals surface area contributed by atoms with Crippen LogP contribution in [0.3, 0.4) is 0 Å². The zero-order valence-electron chi connectivity index (χ0n) is 8.36. The van der Waals surface area contributed by atoms with Gasteiger partial charge in [-0.15, -0.1) is 0 Å². The van der Waals surface area contributed by atoms with E-state index in [1.165, 1.54) is 11.5 Å². The average molecular weight is 212 g/mol. The van der Waals surface area contributed by atoms with Crippen molar-refractivity contribution in [1.29, 1.82) is 0 Å². The van der Waals surface area contributed by atoms with Gasteiger partial charge in [-0.05, 0) is 56.4 Å². The summed E-state index contributed by atoms with van der Waals surface area (Å²) in [5.41, 5.74) is 0.0802. The van der Waals surface area contributed by atoms with Gasteiger partial charge in [-0.2, -0.15) is 4.37 Å². The molecular formula is C10H16N2OS. The Hall–Kier alpha value is -0.450. The SMILES string of the molecule is CC(O)(c1ccsn1)C1CCNCC1. The van der Waals surface area contributed by atoms with Gasteiger partial charge in [0.25, 0.3) is 0 Å². The summed E-state index contributed by atoms with van der Waals surface area (Å²) in [6, 6.07) is 1.92. The largest absolute Gasteiger partial charge is 0.384 e. The van der Waals surface area contributed by atoms with Crippen LogP contribution in [0.5, 0.6) is 0 Å². The Balaban J connectivity index is 2.14. The predicted molar refractivity (Wildman–Crippen MR) is 57.3 cm³/mol. The second-order valence-corrected chi connectivity index (χ2v) is 4.72. The lowest BCUT2D eigenvalue weighted by Gasteiger charge is -2.34. The van der Waals surface area contributed by atoms with Crippen LogP contribution in [0.15, 0.2) is 11.4 Å². The Kier molecular flexibility index (Phi) is 2.85. The third-order valence-electron chi connectivity index (χ3n) is 3.09. The molecule has 1 atom stereocenters. The summed E-state index contributed by atoms with van der Waals surface area (Å²) >= 11 is 1.40. The van der Waals surface area contributed by atoms with Crippen molar-refractivity contribution in [3.8, 4) is 0 Å². The standard InChI is InChI=1S/C10H16N2OS/c1-10(13,9-4-7-14-12-9)8-2-5-11-6-3-8/h4,7-8,11,13H,2-3,5-6H2,1H3. The molecule has 1 aromatic heterocycles. The van der Waals surface area contributed by atoms with Crippen molar-refractivity contribution in [2.45, 2.75) is 25.4 Å². The van der Waals surface area contributed by atoms with Crippen LogP contribution in [0.2, 0.25) is 0 Å². The van der Waals surface area contributed by atoms with Gasteiger partial charge in [0.05, 0.1) is 5.69 Å². The number of aromatic nitrogens is 1. The highest BCUT2D eigenvalue weighted by Gasteiger charge is 2.35. The average Bonchev–Trinajstić information content (AvgIpc) is 2.72. The van der Waals surface area contributed by atoms with Crippen molar-refractivity contribution >= 4 is 11.5 Å². The predicted octanol–water partition coefficient (Wildman–Crippen LogP) is 1.35. The van der Waals surface area contributed by atoms with E-state index in [2.05, 4.69) is 9.69 Å². The number of piperidine rings is 1. The van der Waals surface area contributed by atoms with Crippen LogP contribution in [0.25, 0.3) is 0 Å². The molecule has 2 N–H and O–H groups in total. The van der Waals surface area contributed by atoms with Gasteiger partial charge >= 0.3 is 0 Å². The second-order valence-electron chi connectivity index (χ2n) is 4.06. The normalized spacial score (nSPS) is 23.3. The molecule has 4 heteroatoms. The third kappa shape index (κ3) is 1.82. The van der Waals surface area contributed by atoms with Crippen LogP contribution < -0.4 is 5.32 Å². The van der Waals surface area contributed by atoms with E-state index in [4.69, 9.17) is 0 Å². The molecule has 1 fully saturated rings. The molecule has 0 spiro atoms. The number of nitrogens with one attached hydrogen (secondary N) is 1. The van der Waals surface area contributed by atoms with E-state index < -0.39 is 5.60 Å². The maximum atomic E-state index is 10.4. The fraction of sp³-hybridized carbons (Fsp3) is 0.700. The van der Waals surface area contributed by atoms with Crippen molar-refractivity contribution in [2.75, 3.05) is 13.1 Å². The van der Waals surface area contributed by atoms with Crippen LogP contribution in [-0.4, -0.2) is 22.6 Å². The molecule has 0 saturated carbocycles. The molecule has 3 nitrogen and oxygen atoms in total. The first-order valence-electron chi connectivity index (χ1n) is 5.05. The second kappa shape index (κ2) is 3.96. The summed E-state index contributed by atoms with van der Waals surface area (Å²) in [5.74, 6) is 0.339. The fourth-order valence-electron chi connectivity index (χ4n) is 2.07. The first-order valence-corrected chi connectivity index (χ1v) is 5.89. The van der Waals surface area contributed by atoms with Crippen molar-refractivity contribution in [3.05, 3.63) is 17.1 Å². The smallest absolute Gasteiger partial charge is 0.108 e. The molecule has 0 radical (unpaired) electrons. The first-order chi connectivity index (χ1) is 6.71. The van der Waals surface area contributed by atoms with Crippen molar-refractivity contribution in [2.24, 2.45) is 5.92 Å². The lowest BCUT2D eigenvalue weighted by atomic mass is 9.80. The van der Waals surface area contributed by atoms with Crippen molar-refractivity contribution < 1.29 is 5.11 Å². The van der Waals surface area contributed by atoms with Gasteiger partial charge in [-0.25, -0.2) is 0 Å².